The quantitative estimate of drug-likeness (QED) is 0.145. The molecule has 0 aliphatic rings. The lowest BCUT2D eigenvalue weighted by atomic mass is 10.1. The average molecular weight is 471 g/mol. The van der Waals surface area contributed by atoms with Crippen molar-refractivity contribution in [1.82, 2.24) is 16.0 Å². The van der Waals surface area contributed by atoms with Crippen molar-refractivity contribution < 1.29 is 24.3 Å². The highest BCUT2D eigenvalue weighted by Crippen LogP contribution is 2.03. The first kappa shape index (κ1) is 30.8. The van der Waals surface area contributed by atoms with Crippen LogP contribution >= 0.6 is 0 Å². The second-order valence-corrected chi connectivity index (χ2v) is 8.47. The second kappa shape index (κ2) is 23.0. The van der Waals surface area contributed by atoms with Gasteiger partial charge < -0.3 is 26.8 Å². The molecule has 0 spiro atoms. The van der Waals surface area contributed by atoms with Crippen molar-refractivity contribution in [2.75, 3.05) is 26.2 Å². The molecule has 9 heteroatoms. The fraction of sp³-hybridized carbons (Fsp3) is 0.833. The molecule has 0 atom stereocenters. The summed E-state index contributed by atoms with van der Waals surface area (Å²) in [6.07, 6.45) is 12.0. The number of unbranched alkanes of at least 4 members (excludes halogenated alkanes) is 8. The number of nitrogens with two attached hydrogens (primary N) is 1. The number of aliphatic carboxylic acids is 1. The molecule has 0 aromatic heterocycles. The summed E-state index contributed by atoms with van der Waals surface area (Å²) in [5.74, 6) is -0.760. The smallest absolute Gasteiger partial charge is 0.303 e. The highest BCUT2D eigenvalue weighted by molar-refractivity contribution is 5.77. The van der Waals surface area contributed by atoms with Crippen molar-refractivity contribution in [2.45, 2.75) is 103 Å². The van der Waals surface area contributed by atoms with Gasteiger partial charge in [0.25, 0.3) is 0 Å². The second-order valence-electron chi connectivity index (χ2n) is 8.47. The van der Waals surface area contributed by atoms with E-state index in [9.17, 15) is 19.2 Å². The van der Waals surface area contributed by atoms with Crippen LogP contribution in [-0.4, -0.2) is 55.0 Å². The minimum absolute atomic E-state index is 0.0246. The third kappa shape index (κ3) is 24.3. The van der Waals surface area contributed by atoms with Gasteiger partial charge in [-0.1, -0.05) is 25.7 Å². The Labute approximate surface area is 199 Å². The molecule has 0 aliphatic carbocycles. The van der Waals surface area contributed by atoms with Gasteiger partial charge in [0.1, 0.15) is 0 Å². The summed E-state index contributed by atoms with van der Waals surface area (Å²) in [5.41, 5.74) is 5.44. The topological polar surface area (TPSA) is 151 Å². The molecule has 0 aromatic carbocycles. The molecule has 0 saturated carbocycles. The van der Waals surface area contributed by atoms with E-state index in [4.69, 9.17) is 10.8 Å². The molecule has 0 unspecified atom stereocenters. The fourth-order valence-corrected chi connectivity index (χ4v) is 3.31. The zero-order chi connectivity index (χ0) is 24.6. The van der Waals surface area contributed by atoms with Gasteiger partial charge in [0.15, 0.2) is 0 Å². The van der Waals surface area contributed by atoms with Gasteiger partial charge in [0.05, 0.1) is 0 Å². The van der Waals surface area contributed by atoms with Crippen molar-refractivity contribution >= 4 is 23.7 Å². The van der Waals surface area contributed by atoms with Crippen LogP contribution in [0.15, 0.2) is 0 Å². The summed E-state index contributed by atoms with van der Waals surface area (Å²) in [7, 11) is 0. The van der Waals surface area contributed by atoms with E-state index < -0.39 is 5.97 Å². The molecule has 0 aliphatic heterocycles. The molecule has 33 heavy (non-hydrogen) atoms. The molecule has 3 amide bonds. The summed E-state index contributed by atoms with van der Waals surface area (Å²) in [6.45, 7) is 2.72. The summed E-state index contributed by atoms with van der Waals surface area (Å²) in [5, 5.41) is 17.2. The van der Waals surface area contributed by atoms with Gasteiger partial charge >= 0.3 is 5.97 Å². The van der Waals surface area contributed by atoms with Crippen LogP contribution in [0.3, 0.4) is 0 Å². The average Bonchev–Trinajstić information content (AvgIpc) is 2.78. The molecule has 0 radical (unpaired) electrons. The van der Waals surface area contributed by atoms with Crippen LogP contribution in [0.5, 0.6) is 0 Å². The van der Waals surface area contributed by atoms with E-state index in [1.807, 2.05) is 0 Å². The Bertz CT molecular complexity index is 543. The van der Waals surface area contributed by atoms with E-state index in [2.05, 4.69) is 16.0 Å². The summed E-state index contributed by atoms with van der Waals surface area (Å²) < 4.78 is 0. The van der Waals surface area contributed by atoms with Crippen molar-refractivity contribution in [3.63, 3.8) is 0 Å². The van der Waals surface area contributed by atoms with E-state index >= 15 is 0 Å². The Morgan fingerprint density at radius 1 is 0.485 bits per heavy atom. The SMILES string of the molecule is NCCCCCCNC(=O)CCCCC(=O)NCCCCCCNC(=O)CCCCC(=O)O. The maximum Gasteiger partial charge on any atom is 0.303 e. The van der Waals surface area contributed by atoms with Crippen LogP contribution in [-0.2, 0) is 19.2 Å². The lowest BCUT2D eigenvalue weighted by molar-refractivity contribution is -0.137. The largest absolute Gasteiger partial charge is 0.481 e. The Morgan fingerprint density at radius 2 is 0.818 bits per heavy atom. The van der Waals surface area contributed by atoms with E-state index in [0.717, 1.165) is 64.3 Å². The predicted molar refractivity (Wildman–Crippen MR) is 130 cm³/mol. The first-order valence-corrected chi connectivity index (χ1v) is 12.7. The van der Waals surface area contributed by atoms with Crippen molar-refractivity contribution in [3.05, 3.63) is 0 Å². The van der Waals surface area contributed by atoms with Gasteiger partial charge in [0, 0.05) is 45.3 Å². The Morgan fingerprint density at radius 3 is 1.15 bits per heavy atom. The predicted octanol–water partition coefficient (Wildman–Crippen LogP) is 2.62. The van der Waals surface area contributed by atoms with Crippen molar-refractivity contribution in [3.8, 4) is 0 Å². The van der Waals surface area contributed by atoms with Crippen molar-refractivity contribution in [2.24, 2.45) is 5.73 Å². The molecule has 0 saturated heterocycles. The summed E-state index contributed by atoms with van der Waals surface area (Å²) in [6, 6.07) is 0. The molecule has 0 heterocycles. The van der Waals surface area contributed by atoms with E-state index in [1.165, 1.54) is 0 Å². The Balaban J connectivity index is 3.38. The number of nitrogens with one attached hydrogen (secondary N) is 3. The number of hydrogen-bond acceptors (Lipinski definition) is 5. The van der Waals surface area contributed by atoms with E-state index in [-0.39, 0.29) is 24.1 Å². The molecule has 0 fully saturated rings. The van der Waals surface area contributed by atoms with E-state index in [1.54, 1.807) is 0 Å². The number of rotatable bonds is 23. The first-order chi connectivity index (χ1) is 16.0. The normalized spacial score (nSPS) is 10.6. The van der Waals surface area contributed by atoms with Crippen LogP contribution in [0.25, 0.3) is 0 Å². The van der Waals surface area contributed by atoms with Crippen LogP contribution in [0.1, 0.15) is 103 Å². The zero-order valence-electron chi connectivity index (χ0n) is 20.3. The maximum absolute atomic E-state index is 11.8. The molecular weight excluding hydrogens is 424 g/mol. The zero-order valence-corrected chi connectivity index (χ0v) is 20.3. The van der Waals surface area contributed by atoms with Gasteiger partial charge in [-0.3, -0.25) is 19.2 Å². The minimum Gasteiger partial charge on any atom is -0.481 e. The summed E-state index contributed by atoms with van der Waals surface area (Å²) >= 11 is 0. The highest BCUT2D eigenvalue weighted by atomic mass is 16.4. The number of hydrogen-bond donors (Lipinski definition) is 5. The minimum atomic E-state index is -0.827. The molecule has 0 bridgehead atoms. The maximum atomic E-state index is 11.8. The highest BCUT2D eigenvalue weighted by Gasteiger charge is 2.05. The van der Waals surface area contributed by atoms with Gasteiger partial charge in [-0.25, -0.2) is 0 Å². The molecule has 9 nitrogen and oxygen atoms in total. The van der Waals surface area contributed by atoms with Crippen LogP contribution < -0.4 is 21.7 Å². The van der Waals surface area contributed by atoms with Crippen LogP contribution in [0.4, 0.5) is 0 Å². The van der Waals surface area contributed by atoms with Gasteiger partial charge in [-0.2, -0.15) is 0 Å². The number of carboxylic acids is 1. The van der Waals surface area contributed by atoms with Gasteiger partial charge in [-0.15, -0.1) is 0 Å². The van der Waals surface area contributed by atoms with Gasteiger partial charge in [0.2, 0.25) is 17.7 Å². The molecule has 192 valence electrons. The third-order valence-corrected chi connectivity index (χ3v) is 5.30. The Hall–Kier alpha value is -2.16. The number of carboxylic acid groups (broad SMARTS) is 1. The molecule has 0 rings (SSSR count). The lowest BCUT2D eigenvalue weighted by Crippen LogP contribution is -2.25. The molecular formula is C24H46N4O5. The standard InChI is InChI=1S/C24H46N4O5/c25-17-9-1-2-10-18-26-21(29)13-5-6-14-22(30)27-19-11-3-4-12-20-28-23(31)15-7-8-16-24(32)33/h1-20,25H2,(H,26,29)(H,27,30)(H,28,31)(H,32,33). The lowest BCUT2D eigenvalue weighted by Gasteiger charge is -2.07. The van der Waals surface area contributed by atoms with Crippen molar-refractivity contribution in [1.29, 1.82) is 0 Å². The fourth-order valence-electron chi connectivity index (χ4n) is 3.31. The first-order valence-electron chi connectivity index (χ1n) is 12.7. The van der Waals surface area contributed by atoms with Gasteiger partial charge in [-0.05, 0) is 57.9 Å². The number of amides is 3. The molecule has 6 N–H and O–H groups in total. The molecule has 0 aromatic rings. The number of carbonyl (C=O) groups is 4. The van der Waals surface area contributed by atoms with Crippen LogP contribution in [0, 0.1) is 0 Å². The summed E-state index contributed by atoms with van der Waals surface area (Å²) in [4.78, 5) is 45.6. The Kier molecular flexibility index (Phi) is 21.5. The van der Waals surface area contributed by atoms with E-state index in [0.29, 0.717) is 58.2 Å². The monoisotopic (exact) mass is 470 g/mol. The third-order valence-electron chi connectivity index (χ3n) is 5.30. The number of carbonyl (C=O) groups excluding carboxylic acids is 3. The van der Waals surface area contributed by atoms with Crippen LogP contribution in [0.2, 0.25) is 0 Å².